The number of hydrogen-bond acceptors (Lipinski definition) is 8. The predicted octanol–water partition coefficient (Wildman–Crippen LogP) is 19.3. The zero-order chi connectivity index (χ0) is 54.1. The molecule has 0 fully saturated rings. The van der Waals surface area contributed by atoms with Crippen molar-refractivity contribution < 1.29 is 0 Å². The number of nitrogens with zero attached hydrogens (tertiary/aromatic N) is 4. The lowest BCUT2D eigenvalue weighted by Gasteiger charge is -2.25. The minimum absolute atomic E-state index is 0.773. The number of anilines is 16. The third-order valence-electron chi connectivity index (χ3n) is 13.0. The summed E-state index contributed by atoms with van der Waals surface area (Å²) in [5.41, 5.74) is 29.6. The van der Waals surface area contributed by atoms with Gasteiger partial charge in [0.05, 0.1) is 0 Å². The van der Waals surface area contributed by atoms with Crippen molar-refractivity contribution in [3.8, 4) is 0 Å². The van der Waals surface area contributed by atoms with Crippen LogP contribution in [0.3, 0.4) is 0 Å². The lowest BCUT2D eigenvalue weighted by Crippen LogP contribution is -2.09. The summed E-state index contributed by atoms with van der Waals surface area (Å²) in [6, 6.07) is 99.6. The molecule has 0 amide bonds. The van der Waals surface area contributed by atoms with E-state index in [1.54, 1.807) is 0 Å². The molecule has 0 aliphatic rings. The molecule has 0 saturated carbocycles. The lowest BCUT2D eigenvalue weighted by molar-refractivity contribution is 1.21. The molecular weight excluding hydrogens is 1020 g/mol. The van der Waals surface area contributed by atoms with Gasteiger partial charge >= 0.3 is 0 Å². The van der Waals surface area contributed by atoms with Crippen LogP contribution in [0.5, 0.6) is 0 Å². The molecule has 386 valence electrons. The maximum atomic E-state index is 5.65. The number of aryl methyl sites for hydroxylation is 1. The fraction of sp³-hybridized carbons (Fsp3) is 0.0435. The Kier molecular flexibility index (Phi) is 17.8. The van der Waals surface area contributed by atoms with E-state index in [1.807, 2.05) is 79.8 Å². The summed E-state index contributed by atoms with van der Waals surface area (Å²) in [4.78, 5) is 8.78. The van der Waals surface area contributed by atoms with Crippen LogP contribution < -0.4 is 41.7 Å². The second kappa shape index (κ2) is 26.2. The van der Waals surface area contributed by atoms with Gasteiger partial charge in [-0.15, -0.1) is 0 Å². The van der Waals surface area contributed by atoms with Gasteiger partial charge in [-0.25, -0.2) is 0 Å². The maximum absolute atomic E-state index is 5.65. The number of para-hydroxylation sites is 4. The quantitative estimate of drug-likeness (QED) is 0.0801. The summed E-state index contributed by atoms with van der Waals surface area (Å²) < 4.78 is 1.09. The van der Waals surface area contributed by atoms with E-state index >= 15 is 0 Å². The van der Waals surface area contributed by atoms with Gasteiger partial charge in [-0.05, 0) is 213 Å². The molecule has 0 saturated heterocycles. The van der Waals surface area contributed by atoms with Crippen LogP contribution in [0.25, 0.3) is 0 Å². The first-order valence-corrected chi connectivity index (χ1v) is 26.6. The molecule has 0 aliphatic heterocycles. The van der Waals surface area contributed by atoms with Crippen molar-refractivity contribution in [2.75, 3.05) is 55.8 Å². The van der Waals surface area contributed by atoms with E-state index in [1.165, 1.54) is 5.56 Å². The normalized spacial score (nSPS) is 10.4. The van der Waals surface area contributed by atoms with Crippen molar-refractivity contribution in [2.45, 2.75) is 6.92 Å². The first-order valence-electron chi connectivity index (χ1n) is 25.8. The SMILES string of the molecule is Brc1ccc(N(c2ccccc2)c2ccccc2)cc1.CN(c1ccc(N)cc1)c1ccc(N)cc1.Cc1ccc(Nc2ccc(N(C)c3ccc(Nc4ccc(N(c5ccccc5)c5ccccc5)cc4)cc3)cc2)cc1. The number of nitrogens with two attached hydrogens (primary N) is 2. The lowest BCUT2D eigenvalue weighted by atomic mass is 10.1. The number of hydrogen-bond donors (Lipinski definition) is 4. The predicted molar refractivity (Wildman–Crippen MR) is 338 cm³/mol. The minimum Gasteiger partial charge on any atom is -0.399 e. The largest absolute Gasteiger partial charge is 0.399 e. The van der Waals surface area contributed by atoms with Gasteiger partial charge in [-0.2, -0.15) is 0 Å². The second-order valence-electron chi connectivity index (χ2n) is 18.5. The third-order valence-corrected chi connectivity index (χ3v) is 13.5. The van der Waals surface area contributed by atoms with Crippen LogP contribution in [0.1, 0.15) is 5.56 Å². The molecular formula is C69H63BrN8. The summed E-state index contributed by atoms with van der Waals surface area (Å²) >= 11 is 3.49. The Morgan fingerprint density at radius 2 is 0.487 bits per heavy atom. The van der Waals surface area contributed by atoms with Gasteiger partial charge < -0.3 is 41.7 Å². The standard InChI is InChI=1S/C38H34N4.C18H14BrN.C13H15N3/c1-29-13-15-30(16-14-29)39-31-17-23-34(24-18-31)41(2)35-25-19-32(20-26-35)40-33-21-27-38(28-22-33)42(36-9-5-3-6-10-36)37-11-7-4-8-12-37;19-15-11-13-18(14-12-15)20(16-7-3-1-4-8-16)17-9-5-2-6-10-17;1-16(12-6-2-10(14)3-7-12)13-8-4-11(15)5-9-13/h3-28,39-40H,1-2H3;1-14H;2-9H,14-15H2,1H3. The molecule has 11 aromatic rings. The zero-order valence-electron chi connectivity index (χ0n) is 44.0. The van der Waals surface area contributed by atoms with Gasteiger partial charge in [-0.3, -0.25) is 0 Å². The Balaban J connectivity index is 0.000000168. The van der Waals surface area contributed by atoms with Gasteiger partial charge in [-0.1, -0.05) is 106 Å². The Morgan fingerprint density at radius 1 is 0.269 bits per heavy atom. The van der Waals surface area contributed by atoms with Crippen LogP contribution in [0, 0.1) is 6.92 Å². The molecule has 0 spiro atoms. The molecule has 0 heterocycles. The molecule has 11 rings (SSSR count). The van der Waals surface area contributed by atoms with Gasteiger partial charge in [0.2, 0.25) is 0 Å². The number of nitrogens with one attached hydrogen (secondary N) is 2. The van der Waals surface area contributed by atoms with Gasteiger partial charge in [0.25, 0.3) is 0 Å². The fourth-order valence-corrected chi connectivity index (χ4v) is 8.95. The van der Waals surface area contributed by atoms with Crippen molar-refractivity contribution >= 4 is 107 Å². The summed E-state index contributed by atoms with van der Waals surface area (Å²) in [5, 5.41) is 7.01. The van der Waals surface area contributed by atoms with Gasteiger partial charge in [0.15, 0.2) is 0 Å². The van der Waals surface area contributed by atoms with Crippen molar-refractivity contribution in [2.24, 2.45) is 0 Å². The molecule has 11 aromatic carbocycles. The first-order chi connectivity index (χ1) is 38.1. The van der Waals surface area contributed by atoms with E-state index < -0.39 is 0 Å². The van der Waals surface area contributed by atoms with Gasteiger partial charge in [0.1, 0.15) is 0 Å². The van der Waals surface area contributed by atoms with Crippen LogP contribution in [0.2, 0.25) is 0 Å². The molecule has 0 aromatic heterocycles. The van der Waals surface area contributed by atoms with Crippen molar-refractivity contribution in [3.05, 3.63) is 301 Å². The Bertz CT molecular complexity index is 3390. The summed E-state index contributed by atoms with van der Waals surface area (Å²) in [5.74, 6) is 0. The summed E-state index contributed by atoms with van der Waals surface area (Å²) in [7, 11) is 4.10. The topological polar surface area (TPSA) is 89.1 Å². The summed E-state index contributed by atoms with van der Waals surface area (Å²) in [6.07, 6.45) is 0. The molecule has 0 radical (unpaired) electrons. The maximum Gasteiger partial charge on any atom is 0.0463 e. The number of nitrogen functional groups attached to an aromatic ring is 2. The van der Waals surface area contributed by atoms with Crippen LogP contribution >= 0.6 is 15.9 Å². The number of rotatable bonds is 14. The van der Waals surface area contributed by atoms with Crippen LogP contribution in [-0.4, -0.2) is 14.1 Å². The molecule has 9 heteroatoms. The highest BCUT2D eigenvalue weighted by molar-refractivity contribution is 9.10. The Labute approximate surface area is 468 Å². The van der Waals surface area contributed by atoms with E-state index in [4.69, 9.17) is 11.5 Å². The van der Waals surface area contributed by atoms with Crippen LogP contribution in [-0.2, 0) is 0 Å². The molecule has 8 nitrogen and oxygen atoms in total. The second-order valence-corrected chi connectivity index (χ2v) is 19.5. The van der Waals surface area contributed by atoms with E-state index in [2.05, 4.69) is 279 Å². The van der Waals surface area contributed by atoms with E-state index in [0.717, 1.165) is 95.5 Å². The highest BCUT2D eigenvalue weighted by Gasteiger charge is 2.14. The van der Waals surface area contributed by atoms with Gasteiger partial charge in [0, 0.05) is 110 Å². The van der Waals surface area contributed by atoms with E-state index in [0.29, 0.717) is 0 Å². The monoisotopic (exact) mass is 1080 g/mol. The Hall–Kier alpha value is -9.70. The average Bonchev–Trinajstić information content (AvgIpc) is 3.49. The molecule has 0 unspecified atom stereocenters. The van der Waals surface area contributed by atoms with E-state index in [-0.39, 0.29) is 0 Å². The smallest absolute Gasteiger partial charge is 0.0463 e. The molecule has 78 heavy (non-hydrogen) atoms. The molecule has 6 N–H and O–H groups in total. The van der Waals surface area contributed by atoms with Crippen LogP contribution in [0.4, 0.5) is 91.0 Å². The van der Waals surface area contributed by atoms with E-state index in [9.17, 15) is 0 Å². The number of benzene rings is 11. The van der Waals surface area contributed by atoms with Crippen molar-refractivity contribution in [3.63, 3.8) is 0 Å². The van der Waals surface area contributed by atoms with Crippen molar-refractivity contribution in [1.29, 1.82) is 0 Å². The molecule has 0 atom stereocenters. The number of halogens is 1. The first kappa shape index (κ1) is 53.1. The fourth-order valence-electron chi connectivity index (χ4n) is 8.69. The summed E-state index contributed by atoms with van der Waals surface area (Å²) in [6.45, 7) is 2.10. The molecule has 0 bridgehead atoms. The average molecular weight is 1080 g/mol. The Morgan fingerprint density at radius 3 is 0.769 bits per heavy atom. The molecule has 0 aliphatic carbocycles. The van der Waals surface area contributed by atoms with Crippen molar-refractivity contribution in [1.82, 2.24) is 0 Å². The van der Waals surface area contributed by atoms with Crippen LogP contribution in [0.15, 0.2) is 296 Å². The minimum atomic E-state index is 0.773. The third kappa shape index (κ3) is 14.4. The highest BCUT2D eigenvalue weighted by atomic mass is 79.9. The zero-order valence-corrected chi connectivity index (χ0v) is 45.6. The highest BCUT2D eigenvalue weighted by Crippen LogP contribution is 2.37.